The van der Waals surface area contributed by atoms with Gasteiger partial charge in [0.2, 0.25) is 0 Å². The van der Waals surface area contributed by atoms with Crippen molar-refractivity contribution in [2.75, 3.05) is 7.05 Å². The van der Waals surface area contributed by atoms with Gasteiger partial charge >= 0.3 is 0 Å². The smallest absolute Gasteiger partial charge is 0.254 e. The van der Waals surface area contributed by atoms with E-state index in [-0.39, 0.29) is 11.7 Å². The van der Waals surface area contributed by atoms with Crippen molar-refractivity contribution in [1.82, 2.24) is 9.88 Å². The monoisotopic (exact) mass is 276 g/mol. The molecule has 0 aliphatic carbocycles. The Bertz CT molecular complexity index is 607. The van der Waals surface area contributed by atoms with Crippen LogP contribution in [-0.4, -0.2) is 27.9 Å². The zero-order valence-corrected chi connectivity index (χ0v) is 12.0. The molecule has 0 saturated carbocycles. The zero-order chi connectivity index (χ0) is 14.0. The maximum atomic E-state index is 12.3. The Kier molecular flexibility index (Phi) is 3.85. The summed E-state index contributed by atoms with van der Waals surface area (Å²) in [5.41, 5.74) is 4.14. The maximum absolute atomic E-state index is 12.3. The van der Waals surface area contributed by atoms with Crippen molar-refractivity contribution in [3.63, 3.8) is 0 Å². The van der Waals surface area contributed by atoms with Crippen LogP contribution in [0.25, 0.3) is 0 Å². The molecule has 0 spiro atoms. The van der Waals surface area contributed by atoms with Crippen molar-refractivity contribution < 1.29 is 9.90 Å². The maximum Gasteiger partial charge on any atom is 0.254 e. The Hall–Kier alpha value is -1.88. The van der Waals surface area contributed by atoms with E-state index < -0.39 is 0 Å². The predicted molar refractivity (Wildman–Crippen MR) is 75.5 cm³/mol. The number of nitrogens with zero attached hydrogens (tertiary/aromatic N) is 2. The highest BCUT2D eigenvalue weighted by Gasteiger charge is 2.16. The molecule has 0 saturated heterocycles. The summed E-state index contributed by atoms with van der Waals surface area (Å²) in [6.45, 7) is 4.31. The van der Waals surface area contributed by atoms with E-state index in [0.717, 1.165) is 16.1 Å². The van der Waals surface area contributed by atoms with E-state index >= 15 is 0 Å². The number of carbonyl (C=O) groups excluding carboxylic acids is 1. The van der Waals surface area contributed by atoms with Gasteiger partial charge in [-0.2, -0.15) is 0 Å². The third kappa shape index (κ3) is 2.93. The molecule has 0 radical (unpaired) electrons. The highest BCUT2D eigenvalue weighted by atomic mass is 32.1. The van der Waals surface area contributed by atoms with Crippen molar-refractivity contribution in [3.05, 3.63) is 45.4 Å². The number of aryl methyl sites for hydroxylation is 2. The highest BCUT2D eigenvalue weighted by Crippen LogP contribution is 2.19. The molecule has 5 heteroatoms. The first-order chi connectivity index (χ1) is 8.99. The van der Waals surface area contributed by atoms with E-state index in [0.29, 0.717) is 12.1 Å². The van der Waals surface area contributed by atoms with Gasteiger partial charge in [0, 0.05) is 17.5 Å². The molecule has 0 fully saturated rings. The molecule has 0 atom stereocenters. The van der Waals surface area contributed by atoms with Crippen LogP contribution in [0.1, 0.15) is 26.5 Å². The molecule has 0 aliphatic rings. The first kappa shape index (κ1) is 13.5. The fourth-order valence-electron chi connectivity index (χ4n) is 1.86. The molecule has 2 aromatic rings. The summed E-state index contributed by atoms with van der Waals surface area (Å²) in [6, 6.07) is 4.79. The Labute approximate surface area is 116 Å². The summed E-state index contributed by atoms with van der Waals surface area (Å²) in [4.78, 5) is 19.3. The van der Waals surface area contributed by atoms with Gasteiger partial charge in [0.05, 0.1) is 17.7 Å². The zero-order valence-electron chi connectivity index (χ0n) is 11.2. The number of thiazole rings is 1. The topological polar surface area (TPSA) is 53.4 Å². The predicted octanol–water partition coefficient (Wildman–Crippen LogP) is 2.74. The van der Waals surface area contributed by atoms with Crippen LogP contribution in [0.4, 0.5) is 0 Å². The SMILES string of the molecule is Cc1cc(O)ccc1C(=O)N(C)Cc1scnc1C. The number of aromatic nitrogens is 1. The van der Waals surface area contributed by atoms with Crippen LogP contribution in [0.3, 0.4) is 0 Å². The van der Waals surface area contributed by atoms with Gasteiger partial charge in [-0.25, -0.2) is 4.98 Å². The second-order valence-electron chi connectivity index (χ2n) is 4.52. The lowest BCUT2D eigenvalue weighted by Crippen LogP contribution is -2.26. The molecular formula is C14H16N2O2S. The Morgan fingerprint density at radius 1 is 1.42 bits per heavy atom. The lowest BCUT2D eigenvalue weighted by atomic mass is 10.1. The van der Waals surface area contributed by atoms with Gasteiger partial charge < -0.3 is 10.0 Å². The molecule has 2 rings (SSSR count). The molecular weight excluding hydrogens is 260 g/mol. The molecule has 0 bridgehead atoms. The average Bonchev–Trinajstić information content (AvgIpc) is 2.74. The highest BCUT2D eigenvalue weighted by molar-refractivity contribution is 7.09. The average molecular weight is 276 g/mol. The first-order valence-corrected chi connectivity index (χ1v) is 6.81. The fourth-order valence-corrected chi connectivity index (χ4v) is 2.69. The van der Waals surface area contributed by atoms with Crippen molar-refractivity contribution in [2.24, 2.45) is 0 Å². The van der Waals surface area contributed by atoms with E-state index in [1.807, 2.05) is 13.8 Å². The molecule has 0 unspecified atom stereocenters. The summed E-state index contributed by atoms with van der Waals surface area (Å²) in [5, 5.41) is 9.37. The minimum absolute atomic E-state index is 0.0506. The molecule has 1 aromatic heterocycles. The molecule has 19 heavy (non-hydrogen) atoms. The molecule has 4 nitrogen and oxygen atoms in total. The molecule has 1 N–H and O–H groups in total. The van der Waals surface area contributed by atoms with Crippen molar-refractivity contribution in [1.29, 1.82) is 0 Å². The number of hydrogen-bond donors (Lipinski definition) is 1. The second kappa shape index (κ2) is 5.40. The van der Waals surface area contributed by atoms with Gasteiger partial charge in [-0.1, -0.05) is 0 Å². The first-order valence-electron chi connectivity index (χ1n) is 5.93. The second-order valence-corrected chi connectivity index (χ2v) is 5.46. The Balaban J connectivity index is 2.17. The van der Waals surface area contributed by atoms with Crippen LogP contribution in [0.15, 0.2) is 23.7 Å². The largest absolute Gasteiger partial charge is 0.508 e. The van der Waals surface area contributed by atoms with Crippen molar-refractivity contribution in [2.45, 2.75) is 20.4 Å². The number of carbonyl (C=O) groups is 1. The van der Waals surface area contributed by atoms with E-state index in [2.05, 4.69) is 4.98 Å². The number of aromatic hydroxyl groups is 1. The quantitative estimate of drug-likeness (QED) is 0.937. The standard InChI is InChI=1S/C14H16N2O2S/c1-9-6-11(17)4-5-12(9)14(18)16(3)7-13-10(2)15-8-19-13/h4-6,8,17H,7H2,1-3H3. The lowest BCUT2D eigenvalue weighted by molar-refractivity contribution is 0.0785. The Morgan fingerprint density at radius 2 is 2.16 bits per heavy atom. The molecule has 1 heterocycles. The third-order valence-electron chi connectivity index (χ3n) is 3.01. The fraction of sp³-hybridized carbons (Fsp3) is 0.286. The summed E-state index contributed by atoms with van der Waals surface area (Å²) < 4.78 is 0. The van der Waals surface area contributed by atoms with E-state index in [4.69, 9.17) is 0 Å². The summed E-state index contributed by atoms with van der Waals surface area (Å²) in [6.07, 6.45) is 0. The Morgan fingerprint density at radius 3 is 2.74 bits per heavy atom. The normalized spacial score (nSPS) is 10.5. The number of rotatable bonds is 3. The van der Waals surface area contributed by atoms with Crippen LogP contribution in [0.5, 0.6) is 5.75 Å². The van der Waals surface area contributed by atoms with E-state index in [1.54, 1.807) is 40.9 Å². The number of phenolic OH excluding ortho intramolecular Hbond substituents is 1. The van der Waals surface area contributed by atoms with E-state index in [9.17, 15) is 9.90 Å². The van der Waals surface area contributed by atoms with Gasteiger partial charge in [0.25, 0.3) is 5.91 Å². The molecule has 1 amide bonds. The number of amides is 1. The number of phenols is 1. The van der Waals surface area contributed by atoms with Crippen LogP contribution in [0, 0.1) is 13.8 Å². The summed E-state index contributed by atoms with van der Waals surface area (Å²) in [5.74, 6) is 0.125. The number of hydrogen-bond acceptors (Lipinski definition) is 4. The summed E-state index contributed by atoms with van der Waals surface area (Å²) >= 11 is 1.55. The summed E-state index contributed by atoms with van der Waals surface area (Å²) in [7, 11) is 1.77. The molecule has 1 aromatic carbocycles. The van der Waals surface area contributed by atoms with Gasteiger partial charge in [-0.3, -0.25) is 4.79 Å². The third-order valence-corrected chi connectivity index (χ3v) is 3.93. The van der Waals surface area contributed by atoms with Gasteiger partial charge in [0.15, 0.2) is 0 Å². The van der Waals surface area contributed by atoms with E-state index in [1.165, 1.54) is 6.07 Å². The van der Waals surface area contributed by atoms with Crippen LogP contribution in [0.2, 0.25) is 0 Å². The van der Waals surface area contributed by atoms with Gasteiger partial charge in [-0.05, 0) is 37.6 Å². The van der Waals surface area contributed by atoms with Crippen molar-refractivity contribution >= 4 is 17.2 Å². The lowest BCUT2D eigenvalue weighted by Gasteiger charge is -2.18. The van der Waals surface area contributed by atoms with Gasteiger partial charge in [-0.15, -0.1) is 11.3 Å². The van der Waals surface area contributed by atoms with Gasteiger partial charge in [0.1, 0.15) is 5.75 Å². The molecule has 0 aliphatic heterocycles. The minimum Gasteiger partial charge on any atom is -0.508 e. The van der Waals surface area contributed by atoms with Crippen molar-refractivity contribution in [3.8, 4) is 5.75 Å². The number of benzene rings is 1. The van der Waals surface area contributed by atoms with Crippen LogP contribution < -0.4 is 0 Å². The minimum atomic E-state index is -0.0506. The van der Waals surface area contributed by atoms with Crippen LogP contribution >= 0.6 is 11.3 Å². The molecule has 100 valence electrons. The van der Waals surface area contributed by atoms with Crippen LogP contribution in [-0.2, 0) is 6.54 Å².